The molecule has 0 aliphatic rings. The second kappa shape index (κ2) is 8.18. The van der Waals surface area contributed by atoms with E-state index in [2.05, 4.69) is 20.9 Å². The molecule has 1 rings (SSSR count). The Morgan fingerprint density at radius 2 is 2.10 bits per heavy atom. The maximum absolute atomic E-state index is 12.0. The summed E-state index contributed by atoms with van der Waals surface area (Å²) in [6.07, 6.45) is -3.71. The number of nitrogens with zero attached hydrogens (tertiary/aromatic N) is 1. The van der Waals surface area contributed by atoms with Gasteiger partial charge in [-0.05, 0) is 12.1 Å². The van der Waals surface area contributed by atoms with Crippen LogP contribution in [-0.4, -0.2) is 38.2 Å². The molecule has 0 saturated carbocycles. The molecular formula is C12H17F3N4O2. The van der Waals surface area contributed by atoms with Crippen LogP contribution in [-0.2, 0) is 11.3 Å². The van der Waals surface area contributed by atoms with Crippen molar-refractivity contribution in [2.45, 2.75) is 19.1 Å². The third kappa shape index (κ3) is 7.85. The fourth-order valence-electron chi connectivity index (χ4n) is 1.37. The van der Waals surface area contributed by atoms with Gasteiger partial charge in [-0.15, -0.1) is 0 Å². The molecule has 0 atom stereocenters. The summed E-state index contributed by atoms with van der Waals surface area (Å²) >= 11 is 0. The van der Waals surface area contributed by atoms with Crippen LogP contribution in [0.4, 0.5) is 13.2 Å². The second-order valence-corrected chi connectivity index (χ2v) is 4.07. The maximum atomic E-state index is 12.0. The lowest BCUT2D eigenvalue weighted by Gasteiger charge is -2.12. The Kier molecular flexibility index (Phi) is 6.57. The molecule has 0 spiro atoms. The monoisotopic (exact) mass is 306 g/mol. The summed E-state index contributed by atoms with van der Waals surface area (Å²) < 4.78 is 41.0. The van der Waals surface area contributed by atoms with E-state index >= 15 is 0 Å². The summed E-state index contributed by atoms with van der Waals surface area (Å²) in [5.74, 6) is 0.411. The summed E-state index contributed by atoms with van der Waals surface area (Å²) in [6, 6.07) is 3.41. The molecule has 1 heterocycles. The lowest BCUT2D eigenvalue weighted by molar-refractivity contribution is -0.132. The van der Waals surface area contributed by atoms with E-state index in [0.29, 0.717) is 5.76 Å². The molecule has 1 aromatic rings. The van der Waals surface area contributed by atoms with Gasteiger partial charge >= 0.3 is 6.18 Å². The number of alkyl halides is 3. The molecule has 0 bridgehead atoms. The Morgan fingerprint density at radius 1 is 1.33 bits per heavy atom. The molecule has 1 amide bonds. The molecule has 118 valence electrons. The molecule has 0 aliphatic heterocycles. The number of nitrogens with one attached hydrogen (secondary N) is 3. The topological polar surface area (TPSA) is 78.7 Å². The molecule has 0 aromatic carbocycles. The number of halogens is 3. The summed E-state index contributed by atoms with van der Waals surface area (Å²) in [5.41, 5.74) is 0. The fraction of sp³-hybridized carbons (Fsp3) is 0.500. The maximum Gasteiger partial charge on any atom is 0.390 e. The number of carbonyl (C=O) groups excluding carboxylic acids is 1. The Morgan fingerprint density at radius 3 is 2.67 bits per heavy atom. The highest BCUT2D eigenvalue weighted by atomic mass is 19.4. The quantitative estimate of drug-likeness (QED) is 0.541. The van der Waals surface area contributed by atoms with Crippen LogP contribution >= 0.6 is 0 Å². The van der Waals surface area contributed by atoms with Crippen molar-refractivity contribution in [2.75, 3.05) is 20.1 Å². The number of furan rings is 1. The number of hydrogen-bond acceptors (Lipinski definition) is 3. The van der Waals surface area contributed by atoms with Crippen molar-refractivity contribution in [3.8, 4) is 0 Å². The first-order valence-electron chi connectivity index (χ1n) is 6.21. The first kappa shape index (κ1) is 16.9. The van der Waals surface area contributed by atoms with E-state index < -0.39 is 12.6 Å². The molecule has 9 heteroatoms. The number of guanidine groups is 1. The zero-order valence-corrected chi connectivity index (χ0v) is 11.5. The highest BCUT2D eigenvalue weighted by molar-refractivity contribution is 5.86. The molecule has 21 heavy (non-hydrogen) atoms. The molecule has 0 radical (unpaired) electrons. The third-order valence-electron chi connectivity index (χ3n) is 2.38. The highest BCUT2D eigenvalue weighted by Crippen LogP contribution is 2.17. The second-order valence-electron chi connectivity index (χ2n) is 4.07. The lowest BCUT2D eigenvalue weighted by atomic mass is 10.4. The van der Waals surface area contributed by atoms with Crippen molar-refractivity contribution in [3.63, 3.8) is 0 Å². The van der Waals surface area contributed by atoms with Gasteiger partial charge in [0.15, 0.2) is 5.96 Å². The van der Waals surface area contributed by atoms with Gasteiger partial charge in [0.1, 0.15) is 5.76 Å². The van der Waals surface area contributed by atoms with Gasteiger partial charge in [0, 0.05) is 13.6 Å². The van der Waals surface area contributed by atoms with E-state index in [4.69, 9.17) is 4.42 Å². The normalized spacial score (nSPS) is 12.1. The first-order valence-corrected chi connectivity index (χ1v) is 6.21. The SMILES string of the molecule is CN=C(NCCC(F)(F)F)NCC(=O)NCc1ccco1. The van der Waals surface area contributed by atoms with Gasteiger partial charge < -0.3 is 20.4 Å². The molecule has 6 nitrogen and oxygen atoms in total. The zero-order valence-electron chi connectivity index (χ0n) is 11.5. The van der Waals surface area contributed by atoms with Crippen molar-refractivity contribution < 1.29 is 22.4 Å². The smallest absolute Gasteiger partial charge is 0.390 e. The van der Waals surface area contributed by atoms with Crippen LogP contribution in [0.5, 0.6) is 0 Å². The average Bonchev–Trinajstić information content (AvgIpc) is 2.92. The minimum atomic E-state index is -4.23. The standard InChI is InChI=1S/C12H17F3N4O2/c1-16-11(17-5-4-12(13,14)15)19-8-10(20)18-7-9-3-2-6-21-9/h2-3,6H,4-5,7-8H2,1H3,(H,18,20)(H2,16,17,19). The Bertz CT molecular complexity index is 458. The highest BCUT2D eigenvalue weighted by Gasteiger charge is 2.26. The van der Waals surface area contributed by atoms with Gasteiger partial charge in [0.05, 0.1) is 25.8 Å². The van der Waals surface area contributed by atoms with Crippen LogP contribution in [0.2, 0.25) is 0 Å². The van der Waals surface area contributed by atoms with Gasteiger partial charge in [-0.25, -0.2) is 0 Å². The molecular weight excluding hydrogens is 289 g/mol. The number of amides is 1. The van der Waals surface area contributed by atoms with Gasteiger partial charge in [-0.2, -0.15) is 13.2 Å². The van der Waals surface area contributed by atoms with Gasteiger partial charge in [-0.1, -0.05) is 0 Å². The van der Waals surface area contributed by atoms with Crippen molar-refractivity contribution in [1.29, 1.82) is 0 Å². The van der Waals surface area contributed by atoms with Crippen LogP contribution in [0.25, 0.3) is 0 Å². The van der Waals surface area contributed by atoms with Crippen molar-refractivity contribution in [2.24, 2.45) is 4.99 Å². The molecule has 0 saturated heterocycles. The zero-order chi connectivity index (χ0) is 15.7. The minimum Gasteiger partial charge on any atom is -0.467 e. The van der Waals surface area contributed by atoms with E-state index in [1.807, 2.05) is 0 Å². The molecule has 1 aromatic heterocycles. The first-order chi connectivity index (χ1) is 9.90. The van der Waals surface area contributed by atoms with E-state index in [1.165, 1.54) is 13.3 Å². The summed E-state index contributed by atoms with van der Waals surface area (Å²) in [5, 5.41) is 7.67. The van der Waals surface area contributed by atoms with E-state index in [0.717, 1.165) is 0 Å². The van der Waals surface area contributed by atoms with Crippen LogP contribution in [0, 0.1) is 0 Å². The number of carbonyl (C=O) groups is 1. The predicted molar refractivity (Wildman–Crippen MR) is 70.6 cm³/mol. The van der Waals surface area contributed by atoms with Crippen molar-refractivity contribution in [1.82, 2.24) is 16.0 Å². The number of rotatable bonds is 6. The summed E-state index contributed by atoms with van der Waals surface area (Å²) in [4.78, 5) is 15.2. The van der Waals surface area contributed by atoms with E-state index in [9.17, 15) is 18.0 Å². The minimum absolute atomic E-state index is 0.105. The Hall–Kier alpha value is -2.19. The van der Waals surface area contributed by atoms with Gasteiger partial charge in [0.25, 0.3) is 0 Å². The fourth-order valence-corrected chi connectivity index (χ4v) is 1.37. The van der Waals surface area contributed by atoms with E-state index in [1.54, 1.807) is 12.1 Å². The Labute approximate surface area is 119 Å². The largest absolute Gasteiger partial charge is 0.467 e. The van der Waals surface area contributed by atoms with Crippen LogP contribution in [0.15, 0.2) is 27.8 Å². The Balaban J connectivity index is 2.20. The number of hydrogen-bond donors (Lipinski definition) is 3. The predicted octanol–water partition coefficient (Wildman–Crippen LogP) is 1.01. The van der Waals surface area contributed by atoms with Crippen LogP contribution in [0.1, 0.15) is 12.2 Å². The number of aliphatic imine (C=N–C) groups is 1. The molecule has 0 aliphatic carbocycles. The molecule has 0 fully saturated rings. The third-order valence-corrected chi connectivity index (χ3v) is 2.38. The van der Waals surface area contributed by atoms with E-state index in [-0.39, 0.29) is 31.5 Å². The average molecular weight is 306 g/mol. The van der Waals surface area contributed by atoms with Crippen molar-refractivity contribution >= 4 is 11.9 Å². The van der Waals surface area contributed by atoms with Gasteiger partial charge in [0.2, 0.25) is 5.91 Å². The van der Waals surface area contributed by atoms with Crippen LogP contribution in [0.3, 0.4) is 0 Å². The van der Waals surface area contributed by atoms with Crippen molar-refractivity contribution in [3.05, 3.63) is 24.2 Å². The summed E-state index contributed by atoms with van der Waals surface area (Å²) in [6.45, 7) is -0.169. The van der Waals surface area contributed by atoms with Crippen LogP contribution < -0.4 is 16.0 Å². The summed E-state index contributed by atoms with van der Waals surface area (Å²) in [7, 11) is 1.41. The molecule has 3 N–H and O–H groups in total. The lowest BCUT2D eigenvalue weighted by Crippen LogP contribution is -2.43. The molecule has 0 unspecified atom stereocenters. The van der Waals surface area contributed by atoms with Gasteiger partial charge in [-0.3, -0.25) is 9.79 Å².